The van der Waals surface area contributed by atoms with Gasteiger partial charge in [0, 0.05) is 29.6 Å². The molecule has 0 spiro atoms. The molecule has 1 aromatic heterocycles. The van der Waals surface area contributed by atoms with Crippen LogP contribution in [0, 0.1) is 6.07 Å². The maximum absolute atomic E-state index is 11.8. The minimum Gasteiger partial charge on any atom is -0.264 e. The van der Waals surface area contributed by atoms with Crippen LogP contribution in [0.15, 0.2) is 47.6 Å². The SMILES string of the molecule is CNS(=O)(=O)c1[c]cccc1-c1cccnc1. The van der Waals surface area contributed by atoms with Crippen LogP contribution in [0.5, 0.6) is 0 Å². The van der Waals surface area contributed by atoms with Gasteiger partial charge < -0.3 is 0 Å². The Bertz CT molecular complexity index is 609. The second kappa shape index (κ2) is 4.65. The lowest BCUT2D eigenvalue weighted by Gasteiger charge is -2.08. The highest BCUT2D eigenvalue weighted by molar-refractivity contribution is 7.89. The first-order valence-electron chi connectivity index (χ1n) is 5.00. The van der Waals surface area contributed by atoms with Crippen LogP contribution in [0.4, 0.5) is 0 Å². The molecule has 0 fully saturated rings. The molecule has 1 aromatic carbocycles. The van der Waals surface area contributed by atoms with E-state index in [0.29, 0.717) is 5.56 Å². The van der Waals surface area contributed by atoms with Gasteiger partial charge in [0.05, 0.1) is 4.90 Å². The summed E-state index contributed by atoms with van der Waals surface area (Å²) in [6, 6.07) is 11.4. The highest BCUT2D eigenvalue weighted by Crippen LogP contribution is 2.25. The summed E-state index contributed by atoms with van der Waals surface area (Å²) in [4.78, 5) is 4.12. The van der Waals surface area contributed by atoms with E-state index in [4.69, 9.17) is 0 Å². The first kappa shape index (κ1) is 11.8. The molecule has 17 heavy (non-hydrogen) atoms. The van der Waals surface area contributed by atoms with Crippen LogP contribution in [0.2, 0.25) is 0 Å². The Kier molecular flexibility index (Phi) is 3.21. The number of nitrogens with one attached hydrogen (secondary N) is 1. The Morgan fingerprint density at radius 1 is 1.29 bits per heavy atom. The lowest BCUT2D eigenvalue weighted by Crippen LogP contribution is -2.19. The van der Waals surface area contributed by atoms with Gasteiger partial charge in [0.1, 0.15) is 0 Å². The molecule has 87 valence electrons. The number of hydrogen-bond acceptors (Lipinski definition) is 3. The van der Waals surface area contributed by atoms with Crippen molar-refractivity contribution in [2.45, 2.75) is 4.90 Å². The van der Waals surface area contributed by atoms with Gasteiger partial charge in [-0.3, -0.25) is 4.98 Å². The number of hydrogen-bond donors (Lipinski definition) is 1. The van der Waals surface area contributed by atoms with Crippen molar-refractivity contribution in [2.75, 3.05) is 7.05 Å². The van der Waals surface area contributed by atoms with Crippen molar-refractivity contribution in [1.29, 1.82) is 0 Å². The quantitative estimate of drug-likeness (QED) is 0.893. The van der Waals surface area contributed by atoms with Crippen molar-refractivity contribution < 1.29 is 8.42 Å². The Balaban J connectivity index is 2.65. The summed E-state index contributed by atoms with van der Waals surface area (Å²) in [7, 11) is -2.13. The van der Waals surface area contributed by atoms with Crippen LogP contribution in [0.1, 0.15) is 0 Å². The van der Waals surface area contributed by atoms with Crippen LogP contribution in [-0.4, -0.2) is 20.4 Å². The maximum atomic E-state index is 11.8. The maximum Gasteiger partial charge on any atom is 0.241 e. The van der Waals surface area contributed by atoms with E-state index in [-0.39, 0.29) is 4.90 Å². The van der Waals surface area contributed by atoms with Gasteiger partial charge in [0.2, 0.25) is 10.0 Å². The molecule has 5 heteroatoms. The number of sulfonamides is 1. The van der Waals surface area contributed by atoms with E-state index in [0.717, 1.165) is 5.56 Å². The predicted octanol–water partition coefficient (Wildman–Crippen LogP) is 1.46. The van der Waals surface area contributed by atoms with E-state index in [1.807, 2.05) is 6.07 Å². The summed E-state index contributed by atoms with van der Waals surface area (Å²) in [5.74, 6) is 0. The molecule has 1 N–H and O–H groups in total. The van der Waals surface area contributed by atoms with Gasteiger partial charge >= 0.3 is 0 Å². The van der Waals surface area contributed by atoms with Crippen molar-refractivity contribution in [2.24, 2.45) is 0 Å². The molecule has 0 aliphatic carbocycles. The van der Waals surface area contributed by atoms with E-state index in [1.54, 1.807) is 36.7 Å². The normalized spacial score (nSPS) is 11.4. The number of rotatable bonds is 3. The van der Waals surface area contributed by atoms with E-state index in [2.05, 4.69) is 15.8 Å². The summed E-state index contributed by atoms with van der Waals surface area (Å²) in [5, 5.41) is 0. The Morgan fingerprint density at radius 2 is 2.12 bits per heavy atom. The van der Waals surface area contributed by atoms with Crippen LogP contribution in [0.25, 0.3) is 11.1 Å². The Hall–Kier alpha value is -1.72. The molecule has 0 aliphatic heterocycles. The second-order valence-electron chi connectivity index (χ2n) is 3.36. The van der Waals surface area contributed by atoms with Gasteiger partial charge in [0.25, 0.3) is 0 Å². The van der Waals surface area contributed by atoms with Crippen LogP contribution in [-0.2, 0) is 10.0 Å². The number of nitrogens with zero attached hydrogens (tertiary/aromatic N) is 1. The first-order chi connectivity index (χ1) is 8.15. The minimum atomic E-state index is -3.51. The fraction of sp³-hybridized carbons (Fsp3) is 0.0833. The van der Waals surface area contributed by atoms with Crippen LogP contribution in [0.3, 0.4) is 0 Å². The average Bonchev–Trinajstić information content (AvgIpc) is 2.40. The zero-order valence-electron chi connectivity index (χ0n) is 9.21. The largest absolute Gasteiger partial charge is 0.264 e. The zero-order valence-corrected chi connectivity index (χ0v) is 10.0. The molecule has 0 saturated heterocycles. The van der Waals surface area contributed by atoms with E-state index < -0.39 is 10.0 Å². The topological polar surface area (TPSA) is 59.1 Å². The molecular formula is C12H11N2O2S. The van der Waals surface area contributed by atoms with Gasteiger partial charge in [-0.25, -0.2) is 13.1 Å². The lowest BCUT2D eigenvalue weighted by molar-refractivity contribution is 0.588. The smallest absolute Gasteiger partial charge is 0.241 e. The van der Waals surface area contributed by atoms with E-state index in [1.165, 1.54) is 7.05 Å². The number of aromatic nitrogens is 1. The van der Waals surface area contributed by atoms with Crippen molar-refractivity contribution in [3.05, 3.63) is 48.8 Å². The first-order valence-corrected chi connectivity index (χ1v) is 6.48. The fourth-order valence-electron chi connectivity index (χ4n) is 1.50. The third-order valence-electron chi connectivity index (χ3n) is 2.33. The molecule has 1 radical (unpaired) electrons. The third kappa shape index (κ3) is 2.35. The fourth-order valence-corrected chi connectivity index (χ4v) is 2.40. The standard InChI is InChI=1S/C12H11N2O2S/c1-13-17(15,16)12-7-3-2-6-11(12)10-5-4-8-14-9-10/h2-6,8-9,13H,1H3. The number of pyridine rings is 1. The van der Waals surface area contributed by atoms with Crippen molar-refractivity contribution in [3.8, 4) is 11.1 Å². The molecule has 1 heterocycles. The number of benzene rings is 1. The van der Waals surface area contributed by atoms with E-state index >= 15 is 0 Å². The molecule has 4 nitrogen and oxygen atoms in total. The lowest BCUT2D eigenvalue weighted by atomic mass is 10.1. The molecule has 0 bridgehead atoms. The summed E-state index contributed by atoms with van der Waals surface area (Å²) in [5.41, 5.74) is 1.34. The Labute approximate surface area is 100 Å². The highest BCUT2D eigenvalue weighted by Gasteiger charge is 2.17. The summed E-state index contributed by atoms with van der Waals surface area (Å²) < 4.78 is 26.0. The summed E-state index contributed by atoms with van der Waals surface area (Å²) in [6.07, 6.45) is 3.26. The van der Waals surface area contributed by atoms with E-state index in [9.17, 15) is 8.42 Å². The molecular weight excluding hydrogens is 236 g/mol. The third-order valence-corrected chi connectivity index (χ3v) is 3.74. The molecule has 0 amide bonds. The molecule has 0 atom stereocenters. The van der Waals surface area contributed by atoms with Crippen LogP contribution >= 0.6 is 0 Å². The van der Waals surface area contributed by atoms with Crippen molar-refractivity contribution in [3.63, 3.8) is 0 Å². The van der Waals surface area contributed by atoms with Crippen molar-refractivity contribution >= 4 is 10.0 Å². The summed E-state index contributed by atoms with van der Waals surface area (Å²) >= 11 is 0. The molecule has 0 aliphatic rings. The highest BCUT2D eigenvalue weighted by atomic mass is 32.2. The monoisotopic (exact) mass is 247 g/mol. The predicted molar refractivity (Wildman–Crippen MR) is 64.8 cm³/mol. The van der Waals surface area contributed by atoms with Gasteiger partial charge in [0.15, 0.2) is 0 Å². The van der Waals surface area contributed by atoms with Gasteiger partial charge in [-0.1, -0.05) is 24.3 Å². The zero-order chi connectivity index (χ0) is 12.3. The molecule has 2 aromatic rings. The van der Waals surface area contributed by atoms with Crippen molar-refractivity contribution in [1.82, 2.24) is 9.71 Å². The minimum absolute atomic E-state index is 0.135. The van der Waals surface area contributed by atoms with Gasteiger partial charge in [-0.2, -0.15) is 0 Å². The van der Waals surface area contributed by atoms with Gasteiger partial charge in [-0.05, 0) is 13.1 Å². The summed E-state index contributed by atoms with van der Waals surface area (Å²) in [6.45, 7) is 0. The second-order valence-corrected chi connectivity index (χ2v) is 5.19. The Morgan fingerprint density at radius 3 is 2.76 bits per heavy atom. The van der Waals surface area contributed by atoms with Gasteiger partial charge in [-0.15, -0.1) is 0 Å². The molecule has 0 saturated carbocycles. The average molecular weight is 247 g/mol. The molecule has 2 rings (SSSR count). The van der Waals surface area contributed by atoms with Crippen LogP contribution < -0.4 is 4.72 Å². The molecule has 0 unspecified atom stereocenters.